The first-order chi connectivity index (χ1) is 15.2. The molecule has 1 saturated heterocycles. The van der Waals surface area contributed by atoms with E-state index in [4.69, 9.17) is 0 Å². The standard InChI is InChI=1S/C24H23F3N2O2S/c1-16-6-4-5-13-28(16)22(30)15-29-19-7-2-3-8-20(19)32-21(23(29)31)14-17-9-11-18(12-10-17)24(25,26)27/h2-3,7-12,14,16H,4-6,13,15H2,1H3/b21-14-. The van der Waals surface area contributed by atoms with Crippen LogP contribution in [0.4, 0.5) is 18.9 Å². The number of alkyl halides is 3. The Bertz CT molecular complexity index is 1050. The number of para-hydroxylation sites is 1. The Kier molecular flexibility index (Phi) is 6.33. The summed E-state index contributed by atoms with van der Waals surface area (Å²) >= 11 is 1.26. The molecule has 4 nitrogen and oxygen atoms in total. The molecule has 0 radical (unpaired) electrons. The first-order valence-corrected chi connectivity index (χ1v) is 11.3. The quantitative estimate of drug-likeness (QED) is 0.561. The normalized spacial score (nSPS) is 20.4. The molecule has 0 aromatic heterocycles. The van der Waals surface area contributed by atoms with E-state index in [0.29, 0.717) is 22.7 Å². The zero-order chi connectivity index (χ0) is 22.9. The number of fused-ring (bicyclic) bond motifs is 1. The van der Waals surface area contributed by atoms with Gasteiger partial charge in [-0.2, -0.15) is 13.2 Å². The Morgan fingerprint density at radius 2 is 1.84 bits per heavy atom. The molecule has 2 aromatic carbocycles. The summed E-state index contributed by atoms with van der Waals surface area (Å²) in [6.45, 7) is 2.65. The molecule has 2 aliphatic rings. The van der Waals surface area contributed by atoms with Gasteiger partial charge in [0.05, 0.1) is 16.2 Å². The molecule has 2 amide bonds. The van der Waals surface area contributed by atoms with Gasteiger partial charge in [-0.05, 0) is 62.1 Å². The fraction of sp³-hybridized carbons (Fsp3) is 0.333. The van der Waals surface area contributed by atoms with E-state index < -0.39 is 11.7 Å². The van der Waals surface area contributed by atoms with Gasteiger partial charge in [0, 0.05) is 17.5 Å². The summed E-state index contributed by atoms with van der Waals surface area (Å²) in [5, 5.41) is 0. The predicted molar refractivity (Wildman–Crippen MR) is 119 cm³/mol. The maximum absolute atomic E-state index is 13.3. The fourth-order valence-corrected chi connectivity index (χ4v) is 5.09. The monoisotopic (exact) mass is 460 g/mol. The first-order valence-electron chi connectivity index (χ1n) is 10.5. The molecule has 32 heavy (non-hydrogen) atoms. The van der Waals surface area contributed by atoms with Gasteiger partial charge in [0.15, 0.2) is 0 Å². The van der Waals surface area contributed by atoms with Crippen molar-refractivity contribution in [1.29, 1.82) is 0 Å². The van der Waals surface area contributed by atoms with E-state index in [0.717, 1.165) is 36.3 Å². The van der Waals surface area contributed by atoms with Crippen molar-refractivity contribution in [3.05, 3.63) is 64.6 Å². The third kappa shape index (κ3) is 4.70. The Morgan fingerprint density at radius 3 is 2.53 bits per heavy atom. The van der Waals surface area contributed by atoms with Crippen LogP contribution < -0.4 is 4.90 Å². The summed E-state index contributed by atoms with van der Waals surface area (Å²) in [6.07, 6.45) is 0.153. The molecule has 8 heteroatoms. The van der Waals surface area contributed by atoms with Crippen LogP contribution in [-0.4, -0.2) is 35.8 Å². The Morgan fingerprint density at radius 1 is 1.12 bits per heavy atom. The summed E-state index contributed by atoms with van der Waals surface area (Å²) in [4.78, 5) is 30.8. The molecule has 0 aliphatic carbocycles. The van der Waals surface area contributed by atoms with E-state index in [2.05, 4.69) is 0 Å². The highest BCUT2D eigenvalue weighted by Crippen LogP contribution is 2.42. The van der Waals surface area contributed by atoms with E-state index in [1.807, 2.05) is 36.1 Å². The van der Waals surface area contributed by atoms with E-state index in [1.165, 1.54) is 28.8 Å². The summed E-state index contributed by atoms with van der Waals surface area (Å²) in [5.41, 5.74) is 0.421. The van der Waals surface area contributed by atoms with Crippen LogP contribution in [0, 0.1) is 0 Å². The molecule has 1 atom stereocenters. The number of hydrogen-bond acceptors (Lipinski definition) is 3. The summed E-state index contributed by atoms with van der Waals surface area (Å²) in [5.74, 6) is -0.423. The summed E-state index contributed by atoms with van der Waals surface area (Å²) in [7, 11) is 0. The van der Waals surface area contributed by atoms with Crippen LogP contribution in [0.2, 0.25) is 0 Å². The van der Waals surface area contributed by atoms with Gasteiger partial charge < -0.3 is 4.90 Å². The second kappa shape index (κ2) is 9.02. The molecule has 4 rings (SSSR count). The number of carbonyl (C=O) groups is 2. The zero-order valence-electron chi connectivity index (χ0n) is 17.6. The van der Waals surface area contributed by atoms with Crippen molar-refractivity contribution < 1.29 is 22.8 Å². The van der Waals surface area contributed by atoms with Crippen molar-refractivity contribution in [2.45, 2.75) is 43.3 Å². The van der Waals surface area contributed by atoms with Crippen molar-refractivity contribution in [2.75, 3.05) is 18.0 Å². The molecule has 2 aromatic rings. The number of nitrogens with zero attached hydrogens (tertiary/aromatic N) is 2. The van der Waals surface area contributed by atoms with Crippen molar-refractivity contribution in [2.24, 2.45) is 0 Å². The van der Waals surface area contributed by atoms with Gasteiger partial charge >= 0.3 is 6.18 Å². The maximum Gasteiger partial charge on any atom is 0.416 e. The van der Waals surface area contributed by atoms with Gasteiger partial charge in [-0.15, -0.1) is 0 Å². The molecule has 0 bridgehead atoms. The second-order valence-electron chi connectivity index (χ2n) is 8.02. The van der Waals surface area contributed by atoms with Crippen molar-refractivity contribution >= 4 is 35.3 Å². The molecule has 1 fully saturated rings. The third-order valence-corrected chi connectivity index (χ3v) is 6.86. The largest absolute Gasteiger partial charge is 0.416 e. The minimum atomic E-state index is -4.41. The Hall–Kier alpha value is -2.74. The number of anilines is 1. The average Bonchev–Trinajstić information content (AvgIpc) is 2.76. The van der Waals surface area contributed by atoms with Gasteiger partial charge in [-0.1, -0.05) is 36.0 Å². The SMILES string of the molecule is CC1CCCCN1C(=O)CN1C(=O)/C(=C/c2ccc(C(F)(F)F)cc2)Sc2ccccc21. The average molecular weight is 461 g/mol. The smallest absolute Gasteiger partial charge is 0.338 e. The van der Waals surface area contributed by atoms with Crippen molar-refractivity contribution in [3.8, 4) is 0 Å². The fourth-order valence-electron chi connectivity index (χ4n) is 4.03. The molecule has 0 saturated carbocycles. The highest BCUT2D eigenvalue weighted by molar-refractivity contribution is 8.04. The number of rotatable bonds is 3. The lowest BCUT2D eigenvalue weighted by atomic mass is 10.0. The molecule has 2 aliphatic heterocycles. The van der Waals surface area contributed by atoms with Crippen molar-refractivity contribution in [3.63, 3.8) is 0 Å². The number of carbonyl (C=O) groups excluding carboxylic acids is 2. The van der Waals surface area contributed by atoms with Gasteiger partial charge in [0.2, 0.25) is 5.91 Å². The van der Waals surface area contributed by atoms with Gasteiger partial charge in [0.25, 0.3) is 5.91 Å². The Balaban J connectivity index is 1.62. The number of hydrogen-bond donors (Lipinski definition) is 0. The van der Waals surface area contributed by atoms with E-state index in [-0.39, 0.29) is 24.4 Å². The topological polar surface area (TPSA) is 40.6 Å². The first kappa shape index (κ1) is 22.5. The number of likely N-dealkylation sites (tertiary alicyclic amines) is 1. The minimum Gasteiger partial charge on any atom is -0.338 e. The Labute approximate surface area is 189 Å². The minimum absolute atomic E-state index is 0.0644. The third-order valence-electron chi connectivity index (χ3n) is 5.78. The maximum atomic E-state index is 13.3. The molecular weight excluding hydrogens is 437 g/mol. The second-order valence-corrected chi connectivity index (χ2v) is 9.11. The molecule has 0 spiro atoms. The van der Waals surface area contributed by atoms with Crippen LogP contribution in [0.1, 0.15) is 37.3 Å². The van der Waals surface area contributed by atoms with Gasteiger partial charge in [-0.25, -0.2) is 0 Å². The zero-order valence-corrected chi connectivity index (χ0v) is 18.4. The molecule has 168 valence electrons. The van der Waals surface area contributed by atoms with Gasteiger partial charge in [0.1, 0.15) is 6.54 Å². The van der Waals surface area contributed by atoms with Crippen LogP contribution >= 0.6 is 11.8 Å². The highest BCUT2D eigenvalue weighted by atomic mass is 32.2. The van der Waals surface area contributed by atoms with Crippen LogP contribution in [-0.2, 0) is 15.8 Å². The molecular formula is C24H23F3N2O2S. The highest BCUT2D eigenvalue weighted by Gasteiger charge is 2.33. The molecule has 2 heterocycles. The predicted octanol–water partition coefficient (Wildman–Crippen LogP) is 5.59. The van der Waals surface area contributed by atoms with E-state index in [9.17, 15) is 22.8 Å². The summed E-state index contributed by atoms with van der Waals surface area (Å²) < 4.78 is 38.5. The van der Waals surface area contributed by atoms with Crippen LogP contribution in [0.3, 0.4) is 0 Å². The van der Waals surface area contributed by atoms with Crippen molar-refractivity contribution in [1.82, 2.24) is 4.90 Å². The van der Waals surface area contributed by atoms with E-state index in [1.54, 1.807) is 6.08 Å². The molecule has 0 N–H and O–H groups in total. The molecule has 1 unspecified atom stereocenters. The van der Waals surface area contributed by atoms with Crippen LogP contribution in [0.25, 0.3) is 6.08 Å². The lowest BCUT2D eigenvalue weighted by molar-refractivity contribution is -0.137. The van der Waals surface area contributed by atoms with Gasteiger partial charge in [-0.3, -0.25) is 14.5 Å². The number of benzene rings is 2. The lowest BCUT2D eigenvalue weighted by Gasteiger charge is -2.36. The van der Waals surface area contributed by atoms with Crippen LogP contribution in [0.15, 0.2) is 58.3 Å². The van der Waals surface area contributed by atoms with Crippen LogP contribution in [0.5, 0.6) is 0 Å². The number of halogens is 3. The summed E-state index contributed by atoms with van der Waals surface area (Å²) in [6, 6.07) is 12.2. The lowest BCUT2D eigenvalue weighted by Crippen LogP contribution is -2.49. The number of thioether (sulfide) groups is 1. The number of piperidine rings is 1. The van der Waals surface area contributed by atoms with E-state index >= 15 is 0 Å². The number of amides is 2.